The number of carbonyl (C=O) groups excluding carboxylic acids is 2. The van der Waals surface area contributed by atoms with E-state index >= 15 is 0 Å². The summed E-state index contributed by atoms with van der Waals surface area (Å²) in [4.78, 5) is 36.2. The molecule has 1 aromatic carbocycles. The maximum absolute atomic E-state index is 12.6. The van der Waals surface area contributed by atoms with Crippen LogP contribution in [0.4, 0.5) is 0 Å². The molecule has 0 aliphatic heterocycles. The molecule has 0 aliphatic rings. The second-order valence-corrected chi connectivity index (χ2v) is 7.34. The molecule has 3 rings (SSSR count). The van der Waals surface area contributed by atoms with Crippen LogP contribution in [0.2, 0.25) is 0 Å². The average Bonchev–Trinajstić information content (AvgIpc) is 2.96. The number of ether oxygens (including phenoxy) is 1. The summed E-state index contributed by atoms with van der Waals surface area (Å²) in [6.45, 7) is 9.17. The van der Waals surface area contributed by atoms with Gasteiger partial charge in [0.25, 0.3) is 0 Å². The molecule has 1 atom stereocenters. The Morgan fingerprint density at radius 1 is 1.03 bits per heavy atom. The molecular formula is C22H25NO6. The van der Waals surface area contributed by atoms with E-state index in [9.17, 15) is 14.4 Å². The van der Waals surface area contributed by atoms with Crippen molar-refractivity contribution in [2.45, 2.75) is 53.5 Å². The number of esters is 1. The van der Waals surface area contributed by atoms with Crippen molar-refractivity contribution < 1.29 is 23.2 Å². The molecule has 7 heteroatoms. The van der Waals surface area contributed by atoms with Crippen LogP contribution >= 0.6 is 0 Å². The Hall–Kier alpha value is -3.09. The van der Waals surface area contributed by atoms with E-state index in [1.807, 2.05) is 33.8 Å². The van der Waals surface area contributed by atoms with Gasteiger partial charge in [-0.2, -0.15) is 0 Å². The number of furan rings is 1. The highest BCUT2D eigenvalue weighted by atomic mass is 16.5. The quantitative estimate of drug-likeness (QED) is 0.522. The van der Waals surface area contributed by atoms with Gasteiger partial charge >= 0.3 is 11.6 Å². The Bertz CT molecular complexity index is 1180. The number of hydrogen-bond donors (Lipinski definition) is 1. The Kier molecular flexibility index (Phi) is 5.50. The minimum absolute atomic E-state index is 0.0590. The van der Waals surface area contributed by atoms with Gasteiger partial charge in [0.2, 0.25) is 5.91 Å². The van der Waals surface area contributed by atoms with Gasteiger partial charge < -0.3 is 18.9 Å². The van der Waals surface area contributed by atoms with E-state index in [0.717, 1.165) is 38.8 Å². The molecule has 0 radical (unpaired) electrons. The van der Waals surface area contributed by atoms with Gasteiger partial charge in [-0.25, -0.2) is 9.59 Å². The number of methoxy groups -OCH3 is 1. The Balaban J connectivity index is 1.96. The third-order valence-corrected chi connectivity index (χ3v) is 5.48. The van der Waals surface area contributed by atoms with Crippen molar-refractivity contribution in [1.82, 2.24) is 5.32 Å². The van der Waals surface area contributed by atoms with E-state index in [2.05, 4.69) is 10.1 Å². The number of fused-ring (bicyclic) bond motifs is 2. The third-order valence-electron chi connectivity index (χ3n) is 5.48. The molecule has 29 heavy (non-hydrogen) atoms. The minimum atomic E-state index is -0.746. The molecule has 1 amide bonds. The van der Waals surface area contributed by atoms with Gasteiger partial charge in [-0.1, -0.05) is 0 Å². The van der Waals surface area contributed by atoms with Crippen LogP contribution in [-0.2, 0) is 20.7 Å². The molecule has 3 aromatic rings. The molecule has 0 spiro atoms. The van der Waals surface area contributed by atoms with Gasteiger partial charge in [0.1, 0.15) is 23.0 Å². The SMILES string of the molecule is COC(=O)[C@H](C)NC(=O)CCc1c(C)c2cc3c(C)c(C)oc3c(C)c2oc1=O. The van der Waals surface area contributed by atoms with Gasteiger partial charge in [-0.05, 0) is 58.2 Å². The first-order chi connectivity index (χ1) is 13.6. The first-order valence-electron chi connectivity index (χ1n) is 9.48. The maximum Gasteiger partial charge on any atom is 0.339 e. The lowest BCUT2D eigenvalue weighted by atomic mass is 9.98. The van der Waals surface area contributed by atoms with Gasteiger partial charge in [0, 0.05) is 28.3 Å². The van der Waals surface area contributed by atoms with Crippen molar-refractivity contribution in [3.8, 4) is 0 Å². The number of carbonyl (C=O) groups is 2. The van der Waals surface area contributed by atoms with E-state index < -0.39 is 17.6 Å². The topological polar surface area (TPSA) is 98.8 Å². The summed E-state index contributed by atoms with van der Waals surface area (Å²) in [5.41, 5.74) is 3.83. The molecule has 7 nitrogen and oxygen atoms in total. The van der Waals surface area contributed by atoms with Crippen molar-refractivity contribution in [2.24, 2.45) is 0 Å². The van der Waals surface area contributed by atoms with Crippen LogP contribution in [-0.4, -0.2) is 25.0 Å². The zero-order valence-corrected chi connectivity index (χ0v) is 17.5. The Labute approximate surface area is 168 Å². The molecule has 154 valence electrons. The molecule has 0 bridgehead atoms. The molecule has 0 saturated heterocycles. The third kappa shape index (κ3) is 3.64. The van der Waals surface area contributed by atoms with Crippen LogP contribution in [0, 0.1) is 27.7 Å². The number of amides is 1. The second-order valence-electron chi connectivity index (χ2n) is 7.34. The zero-order chi connectivity index (χ0) is 21.5. The standard InChI is InChI=1S/C22H25NO6/c1-10-14(5)28-19-12(3)20-17(9-16(10)19)11(2)15(22(26)29-20)7-8-18(24)23-13(4)21(25)27-6/h9,13H,7-8H2,1-6H3,(H,23,24)/t13-/m0/s1. The number of hydrogen-bond acceptors (Lipinski definition) is 6. The first-order valence-corrected chi connectivity index (χ1v) is 9.48. The van der Waals surface area contributed by atoms with Crippen LogP contribution in [0.5, 0.6) is 0 Å². The number of benzene rings is 1. The monoisotopic (exact) mass is 399 g/mol. The summed E-state index contributed by atoms with van der Waals surface area (Å²) >= 11 is 0. The van der Waals surface area contributed by atoms with Crippen LogP contribution in [0.3, 0.4) is 0 Å². The van der Waals surface area contributed by atoms with Gasteiger partial charge in [0.15, 0.2) is 0 Å². The number of nitrogens with one attached hydrogen (secondary N) is 1. The lowest BCUT2D eigenvalue weighted by Crippen LogP contribution is -2.39. The van der Waals surface area contributed by atoms with Crippen molar-refractivity contribution in [3.63, 3.8) is 0 Å². The van der Waals surface area contributed by atoms with Gasteiger partial charge in [-0.3, -0.25) is 4.79 Å². The second kappa shape index (κ2) is 7.73. The van der Waals surface area contributed by atoms with Crippen molar-refractivity contribution >= 4 is 33.8 Å². The molecule has 2 heterocycles. The number of aryl methyl sites for hydroxylation is 4. The smallest absolute Gasteiger partial charge is 0.339 e. The fourth-order valence-corrected chi connectivity index (χ4v) is 3.57. The fraction of sp³-hybridized carbons (Fsp3) is 0.409. The van der Waals surface area contributed by atoms with Crippen LogP contribution < -0.4 is 10.9 Å². The van der Waals surface area contributed by atoms with Crippen LogP contribution in [0.1, 0.15) is 41.4 Å². The van der Waals surface area contributed by atoms with E-state index in [1.54, 1.807) is 6.92 Å². The largest absolute Gasteiger partial charge is 0.467 e. The summed E-state index contributed by atoms with van der Waals surface area (Å²) in [5, 5.41) is 4.38. The average molecular weight is 399 g/mol. The predicted octanol–water partition coefficient (Wildman–Crippen LogP) is 3.38. The molecule has 0 unspecified atom stereocenters. The molecule has 0 fully saturated rings. The summed E-state index contributed by atoms with van der Waals surface area (Å²) in [6.07, 6.45) is 0.272. The Morgan fingerprint density at radius 2 is 1.66 bits per heavy atom. The molecule has 1 N–H and O–H groups in total. The van der Waals surface area contributed by atoms with Crippen molar-refractivity contribution in [2.75, 3.05) is 7.11 Å². The lowest BCUT2D eigenvalue weighted by Gasteiger charge is -2.12. The highest BCUT2D eigenvalue weighted by Gasteiger charge is 2.20. The van der Waals surface area contributed by atoms with Crippen molar-refractivity contribution in [3.05, 3.63) is 44.5 Å². The fourth-order valence-electron chi connectivity index (χ4n) is 3.57. The minimum Gasteiger partial charge on any atom is -0.467 e. The molecule has 2 aromatic heterocycles. The molecule has 0 saturated carbocycles. The van der Waals surface area contributed by atoms with E-state index in [0.29, 0.717) is 11.1 Å². The van der Waals surface area contributed by atoms with E-state index in [1.165, 1.54) is 7.11 Å². The predicted molar refractivity (Wildman–Crippen MR) is 109 cm³/mol. The molecule has 0 aliphatic carbocycles. The van der Waals surface area contributed by atoms with Crippen molar-refractivity contribution in [1.29, 1.82) is 0 Å². The normalized spacial score (nSPS) is 12.3. The number of rotatable bonds is 5. The van der Waals surface area contributed by atoms with Crippen LogP contribution in [0.25, 0.3) is 21.9 Å². The van der Waals surface area contributed by atoms with Gasteiger partial charge in [0.05, 0.1) is 7.11 Å². The highest BCUT2D eigenvalue weighted by Crippen LogP contribution is 2.34. The summed E-state index contributed by atoms with van der Waals surface area (Å²) in [6, 6.07) is 1.23. The maximum atomic E-state index is 12.6. The Morgan fingerprint density at radius 3 is 2.31 bits per heavy atom. The lowest BCUT2D eigenvalue weighted by molar-refractivity contribution is -0.144. The first kappa shape index (κ1) is 20.6. The summed E-state index contributed by atoms with van der Waals surface area (Å²) in [5.74, 6) is -0.0326. The summed E-state index contributed by atoms with van der Waals surface area (Å²) in [7, 11) is 1.26. The zero-order valence-electron chi connectivity index (χ0n) is 17.5. The highest BCUT2D eigenvalue weighted by molar-refractivity contribution is 6.00. The summed E-state index contributed by atoms with van der Waals surface area (Å²) < 4.78 is 16.0. The molecular weight excluding hydrogens is 374 g/mol. The van der Waals surface area contributed by atoms with Gasteiger partial charge in [-0.15, -0.1) is 0 Å². The van der Waals surface area contributed by atoms with E-state index in [-0.39, 0.29) is 18.7 Å². The van der Waals surface area contributed by atoms with Crippen LogP contribution in [0.15, 0.2) is 19.7 Å². The van der Waals surface area contributed by atoms with E-state index in [4.69, 9.17) is 8.83 Å².